The van der Waals surface area contributed by atoms with Crippen molar-refractivity contribution in [1.29, 1.82) is 0 Å². The molecule has 0 aliphatic heterocycles. The fourth-order valence-electron chi connectivity index (χ4n) is 21.9. The quantitative estimate of drug-likeness (QED) is 0.151. The van der Waals surface area contributed by atoms with Crippen LogP contribution in [-0.2, 0) is 0 Å². The van der Waals surface area contributed by atoms with E-state index in [0.717, 1.165) is 128 Å². The van der Waals surface area contributed by atoms with E-state index in [0.29, 0.717) is 0 Å². The van der Waals surface area contributed by atoms with Crippen LogP contribution in [0.15, 0.2) is 441 Å². The molecule has 0 fully saturated rings. The number of hydrogen-bond acceptors (Lipinski definition) is 6. The molecule has 8 heterocycles. The van der Waals surface area contributed by atoms with Crippen molar-refractivity contribution in [3.8, 4) is 67.8 Å². The lowest BCUT2D eigenvalue weighted by atomic mass is 9.99. The van der Waals surface area contributed by atoms with Gasteiger partial charge in [0.05, 0.1) is 83.3 Å². The van der Waals surface area contributed by atoms with Crippen molar-refractivity contribution in [2.45, 2.75) is 0 Å². The van der Waals surface area contributed by atoms with Crippen LogP contribution in [0, 0.1) is 0 Å². The van der Waals surface area contributed by atoms with E-state index in [9.17, 15) is 0 Å². The predicted molar refractivity (Wildman–Crippen MR) is 563 cm³/mol. The Balaban J connectivity index is 0.000000131. The van der Waals surface area contributed by atoms with Crippen molar-refractivity contribution >= 4 is 227 Å². The highest BCUT2D eigenvalue weighted by Crippen LogP contribution is 2.48. The molecule has 9 nitrogen and oxygen atoms in total. The number of para-hydroxylation sites is 10. The highest BCUT2D eigenvalue weighted by Gasteiger charge is 2.26. The molecule has 30 aromatic rings. The largest absolute Gasteiger partial charge is 0.455 e. The summed E-state index contributed by atoms with van der Waals surface area (Å²) < 4.78 is 18.8. The van der Waals surface area contributed by atoms with Crippen LogP contribution in [0.1, 0.15) is 0 Å². The average Bonchev–Trinajstić information content (AvgIpc) is 1.57. The van der Waals surface area contributed by atoms with Crippen LogP contribution in [0.3, 0.4) is 0 Å². The fourth-order valence-corrected chi connectivity index (χ4v) is 23.1. The summed E-state index contributed by atoms with van der Waals surface area (Å²) in [6.45, 7) is 0. The molecular weight excluding hydrogens is 1650 g/mol. The summed E-state index contributed by atoms with van der Waals surface area (Å²) in [6.07, 6.45) is 0. The van der Waals surface area contributed by atoms with Gasteiger partial charge in [0.25, 0.3) is 0 Å². The lowest BCUT2D eigenvalue weighted by molar-refractivity contribution is 0.670. The Morgan fingerprint density at radius 1 is 0.194 bits per heavy atom. The van der Waals surface area contributed by atoms with E-state index in [1.807, 2.05) is 59.9 Å². The molecule has 0 bridgehead atoms. The van der Waals surface area contributed by atoms with Crippen molar-refractivity contribution in [2.24, 2.45) is 0 Å². The molecule has 10 heteroatoms. The van der Waals surface area contributed by atoms with Crippen LogP contribution in [0.25, 0.3) is 284 Å². The van der Waals surface area contributed by atoms with Gasteiger partial charge in [0.15, 0.2) is 0 Å². The van der Waals surface area contributed by atoms with Crippen LogP contribution in [0.4, 0.5) is 0 Å². The first-order valence-corrected chi connectivity index (χ1v) is 46.4. The van der Waals surface area contributed by atoms with Gasteiger partial charge < -0.3 is 22.7 Å². The second kappa shape index (κ2) is 28.9. The van der Waals surface area contributed by atoms with Gasteiger partial charge in [-0.15, -0.1) is 11.3 Å². The molecular formula is C124H72N8OS. The van der Waals surface area contributed by atoms with E-state index in [1.54, 1.807) is 0 Å². The zero-order chi connectivity index (χ0) is 87.5. The van der Waals surface area contributed by atoms with Gasteiger partial charge in [0, 0.05) is 130 Å². The first-order chi connectivity index (χ1) is 66.4. The van der Waals surface area contributed by atoms with Crippen LogP contribution < -0.4 is 0 Å². The molecule has 0 aliphatic carbocycles. The third kappa shape index (κ3) is 11.3. The molecule has 0 unspecified atom stereocenters. The molecule has 0 spiro atoms. The number of hydrogen-bond donors (Lipinski definition) is 0. The summed E-state index contributed by atoms with van der Waals surface area (Å²) in [5.41, 5.74) is 26.8. The summed E-state index contributed by atoms with van der Waals surface area (Å²) in [7, 11) is 0. The van der Waals surface area contributed by atoms with Gasteiger partial charge in [0.2, 0.25) is 0 Å². The Kier molecular flexibility index (Phi) is 16.0. The van der Waals surface area contributed by atoms with Crippen molar-refractivity contribution in [3.05, 3.63) is 437 Å². The fraction of sp³-hybridized carbons (Fsp3) is 0. The molecule has 0 radical (unpaired) electrons. The Morgan fingerprint density at radius 2 is 0.552 bits per heavy atom. The molecule has 0 atom stereocenters. The summed E-state index contributed by atoms with van der Waals surface area (Å²) in [5, 5.41) is 29.0. The number of nitrogens with zero attached hydrogens (tertiary/aromatic N) is 8. The number of aromatic nitrogens is 8. The Morgan fingerprint density at radius 3 is 1.10 bits per heavy atom. The molecule has 0 saturated carbocycles. The Hall–Kier alpha value is -17.7. The van der Waals surface area contributed by atoms with Crippen LogP contribution >= 0.6 is 11.3 Å². The minimum absolute atomic E-state index is 0.799. The number of rotatable bonds is 8. The second-order valence-electron chi connectivity index (χ2n) is 35.5. The van der Waals surface area contributed by atoms with E-state index in [-0.39, 0.29) is 0 Å². The number of thiophene rings is 1. The van der Waals surface area contributed by atoms with E-state index < -0.39 is 0 Å². The molecule has 8 aromatic heterocycles. The third-order valence-corrected chi connectivity index (χ3v) is 29.3. The lowest BCUT2D eigenvalue weighted by Gasteiger charge is -2.14. The molecule has 0 amide bonds. The van der Waals surface area contributed by atoms with E-state index in [2.05, 4.69) is 407 Å². The minimum Gasteiger partial charge on any atom is -0.455 e. The van der Waals surface area contributed by atoms with Crippen LogP contribution in [0.5, 0.6) is 0 Å². The first kappa shape index (κ1) is 74.3. The normalized spacial score (nSPS) is 12.2. The number of furan rings is 1. The highest BCUT2D eigenvalue weighted by molar-refractivity contribution is 7.26. The van der Waals surface area contributed by atoms with Crippen molar-refractivity contribution in [2.75, 3.05) is 0 Å². The van der Waals surface area contributed by atoms with Gasteiger partial charge in [-0.25, -0.2) is 19.9 Å². The van der Waals surface area contributed by atoms with Gasteiger partial charge in [-0.1, -0.05) is 285 Å². The minimum atomic E-state index is 0.799. The molecule has 620 valence electrons. The number of benzene rings is 22. The Labute approximate surface area is 769 Å². The Bertz CT molecular complexity index is 10400. The molecule has 134 heavy (non-hydrogen) atoms. The molecule has 30 rings (SSSR count). The average molecular weight is 1720 g/mol. The highest BCUT2D eigenvalue weighted by atomic mass is 32.1. The van der Waals surface area contributed by atoms with Gasteiger partial charge in [-0.3, -0.25) is 0 Å². The smallest absolute Gasteiger partial charge is 0.144 e. The SMILES string of the molecule is c1ccc2c(c1)ccc1c3ccccc3n(-c3ccc4cc5c(cc4c3)c3ccccc3n5-c3ccc4cc(-c5nc6ccccc6nc5-c5cccc6c5oc5ccccc56)ccc4c3)c21.c1ccc2c(c1)ccc1c3ccccc3n(-c3ccc4cc5c(cc4c3)c3ccccc3n5-c3ccc4ccc(-c5nc6ccccc6nc5-c5cccc6c5sc5ccccc56)cc4c3)c21. The topological polar surface area (TPSA) is 84.4 Å². The maximum atomic E-state index is 6.53. The maximum Gasteiger partial charge on any atom is 0.144 e. The third-order valence-electron chi connectivity index (χ3n) is 28.0. The number of fused-ring (bicyclic) bond motifs is 28. The van der Waals surface area contributed by atoms with Crippen LogP contribution in [0.2, 0.25) is 0 Å². The van der Waals surface area contributed by atoms with Crippen molar-refractivity contribution in [3.63, 3.8) is 0 Å². The van der Waals surface area contributed by atoms with E-state index in [1.165, 1.54) is 156 Å². The molecule has 22 aromatic carbocycles. The summed E-state index contributed by atoms with van der Waals surface area (Å²) in [6, 6.07) is 158. The van der Waals surface area contributed by atoms with Gasteiger partial charge in [0.1, 0.15) is 16.9 Å². The van der Waals surface area contributed by atoms with Crippen molar-refractivity contribution < 1.29 is 4.42 Å². The second-order valence-corrected chi connectivity index (χ2v) is 36.5. The monoisotopic (exact) mass is 1720 g/mol. The van der Waals surface area contributed by atoms with Gasteiger partial charge in [-0.2, -0.15) is 0 Å². The zero-order valence-electron chi connectivity index (χ0n) is 72.0. The summed E-state index contributed by atoms with van der Waals surface area (Å²) in [5.74, 6) is 0. The van der Waals surface area contributed by atoms with Crippen molar-refractivity contribution in [1.82, 2.24) is 38.2 Å². The van der Waals surface area contributed by atoms with Crippen LogP contribution in [-0.4, -0.2) is 38.2 Å². The maximum absolute atomic E-state index is 6.53. The molecule has 0 N–H and O–H groups in total. The van der Waals surface area contributed by atoms with E-state index >= 15 is 0 Å². The zero-order valence-corrected chi connectivity index (χ0v) is 72.8. The summed E-state index contributed by atoms with van der Waals surface area (Å²) in [4.78, 5) is 21.3. The predicted octanol–water partition coefficient (Wildman–Crippen LogP) is 33.5. The van der Waals surface area contributed by atoms with E-state index in [4.69, 9.17) is 24.4 Å². The summed E-state index contributed by atoms with van der Waals surface area (Å²) >= 11 is 1.83. The molecule has 0 saturated heterocycles. The lowest BCUT2D eigenvalue weighted by Crippen LogP contribution is -1.96. The molecule has 0 aliphatic rings. The van der Waals surface area contributed by atoms with Gasteiger partial charge in [-0.05, 0) is 206 Å². The standard InChI is InChI=1S/C62H36N4O.C62H36N4S/c1-2-13-45-37(12-1)28-31-49-46-14-3-9-22-56(46)66(61(45)49)44-30-27-40-36-57-52(35-42(40)34-44)47-15-4-8-21-55(47)65(57)43-29-26-38-32-41(25-24-39(38)33-43)59-60(64-54-20-7-6-19-53(54)63-59)51-18-11-17-50-48-16-5-10-23-58(48)67-62(50)51;1-2-13-45-38(12-1)28-31-49-46-14-3-9-22-56(46)66(61(45)49)44-30-27-39-36-57-52(35-42(39)34-44)47-15-4-8-21-55(47)65(57)43-29-26-37-24-25-40(32-41(37)33-43)59-60(64-54-20-7-6-19-53(54)63-59)51-18-11-17-50-48-16-5-10-23-58(48)67-62(50)51/h2*1-36H. The first-order valence-electron chi connectivity index (χ1n) is 45.6. The van der Waals surface area contributed by atoms with Gasteiger partial charge >= 0.3 is 0 Å².